The van der Waals surface area contributed by atoms with Crippen molar-refractivity contribution in [2.45, 2.75) is 13.0 Å². The van der Waals surface area contributed by atoms with Crippen molar-refractivity contribution >= 4 is 17.4 Å². The van der Waals surface area contributed by atoms with Crippen molar-refractivity contribution in [1.29, 1.82) is 0 Å². The van der Waals surface area contributed by atoms with Gasteiger partial charge < -0.3 is 14.7 Å². The largest absolute Gasteiger partial charge is 0.507 e. The first-order valence-electron chi connectivity index (χ1n) is 10.4. The van der Waals surface area contributed by atoms with Gasteiger partial charge >= 0.3 is 0 Å². The highest BCUT2D eigenvalue weighted by molar-refractivity contribution is 6.46. The predicted molar refractivity (Wildman–Crippen MR) is 114 cm³/mol. The summed E-state index contributed by atoms with van der Waals surface area (Å²) in [5.74, 6) is -2.01. The van der Waals surface area contributed by atoms with Crippen LogP contribution in [0.1, 0.15) is 22.7 Å². The number of rotatable bonds is 5. The Balaban J connectivity index is 1.72. The van der Waals surface area contributed by atoms with Crippen LogP contribution < -0.4 is 0 Å². The minimum Gasteiger partial charge on any atom is -0.507 e. The molecule has 2 aliphatic rings. The maximum absolute atomic E-state index is 13.5. The second-order valence-corrected chi connectivity index (χ2v) is 7.86. The number of Topliss-reactive ketones (excluding diaryl/α,β-unsaturated/α-hetero) is 1. The van der Waals surface area contributed by atoms with Crippen LogP contribution in [-0.4, -0.2) is 66.0 Å². The molecule has 2 aromatic rings. The summed E-state index contributed by atoms with van der Waals surface area (Å²) < 4.78 is 18.9. The molecule has 7 heteroatoms. The zero-order chi connectivity index (χ0) is 22.0. The maximum atomic E-state index is 13.5. The van der Waals surface area contributed by atoms with E-state index in [1.165, 1.54) is 17.0 Å². The van der Waals surface area contributed by atoms with Crippen LogP contribution in [0.3, 0.4) is 0 Å². The van der Waals surface area contributed by atoms with Gasteiger partial charge in [-0.05, 0) is 24.6 Å². The molecule has 0 saturated carbocycles. The maximum Gasteiger partial charge on any atom is 0.295 e. The number of hydrogen-bond acceptors (Lipinski definition) is 5. The summed E-state index contributed by atoms with van der Waals surface area (Å²) in [4.78, 5) is 29.6. The van der Waals surface area contributed by atoms with Crippen LogP contribution in [-0.2, 0) is 14.3 Å². The minimum atomic E-state index is -0.775. The van der Waals surface area contributed by atoms with E-state index in [1.807, 2.05) is 19.1 Å². The molecule has 1 amide bonds. The molecule has 31 heavy (non-hydrogen) atoms. The molecule has 2 saturated heterocycles. The van der Waals surface area contributed by atoms with Crippen molar-refractivity contribution in [1.82, 2.24) is 9.80 Å². The van der Waals surface area contributed by atoms with E-state index in [0.29, 0.717) is 37.4 Å². The van der Waals surface area contributed by atoms with Gasteiger partial charge in [0.2, 0.25) is 0 Å². The van der Waals surface area contributed by atoms with Crippen LogP contribution in [0.2, 0.25) is 0 Å². The highest BCUT2D eigenvalue weighted by Gasteiger charge is 2.46. The quantitative estimate of drug-likeness (QED) is 0.454. The number of likely N-dealkylation sites (tertiary alicyclic amines) is 1. The fourth-order valence-electron chi connectivity index (χ4n) is 4.04. The zero-order valence-corrected chi connectivity index (χ0v) is 17.4. The lowest BCUT2D eigenvalue weighted by Gasteiger charge is -2.31. The molecule has 2 heterocycles. The molecule has 1 unspecified atom stereocenters. The number of aliphatic hydroxyl groups is 1. The molecular formula is C24H25FN2O4. The number of benzene rings is 2. The van der Waals surface area contributed by atoms with Gasteiger partial charge in [0.15, 0.2) is 0 Å². The number of aryl methyl sites for hydroxylation is 1. The number of carbonyl (C=O) groups is 2. The number of amides is 1. The third-order valence-electron chi connectivity index (χ3n) is 5.81. The summed E-state index contributed by atoms with van der Waals surface area (Å²) in [5, 5.41) is 11.0. The van der Waals surface area contributed by atoms with Crippen LogP contribution in [0.25, 0.3) is 5.76 Å². The molecular weight excluding hydrogens is 399 g/mol. The van der Waals surface area contributed by atoms with E-state index < -0.39 is 23.5 Å². The number of halogens is 1. The Hall–Kier alpha value is -3.03. The Morgan fingerprint density at radius 3 is 2.32 bits per heavy atom. The molecule has 1 N–H and O–H groups in total. The molecule has 2 aliphatic heterocycles. The van der Waals surface area contributed by atoms with Gasteiger partial charge in [-0.1, -0.05) is 42.0 Å². The number of carbonyl (C=O) groups excluding carboxylic acids is 2. The summed E-state index contributed by atoms with van der Waals surface area (Å²) in [6.45, 7) is 5.60. The molecule has 0 spiro atoms. The Kier molecular flexibility index (Phi) is 6.15. The van der Waals surface area contributed by atoms with Crippen molar-refractivity contribution in [3.8, 4) is 0 Å². The predicted octanol–water partition coefficient (Wildman–Crippen LogP) is 2.89. The monoisotopic (exact) mass is 424 g/mol. The van der Waals surface area contributed by atoms with Gasteiger partial charge in [-0.2, -0.15) is 0 Å². The topological polar surface area (TPSA) is 70.1 Å². The average molecular weight is 424 g/mol. The van der Waals surface area contributed by atoms with E-state index >= 15 is 0 Å². The first-order chi connectivity index (χ1) is 15.0. The van der Waals surface area contributed by atoms with Gasteiger partial charge in [-0.3, -0.25) is 14.5 Å². The van der Waals surface area contributed by atoms with E-state index in [1.54, 1.807) is 24.3 Å². The Bertz CT molecular complexity index is 995. The first-order valence-corrected chi connectivity index (χ1v) is 10.4. The summed E-state index contributed by atoms with van der Waals surface area (Å²) in [6.07, 6.45) is 0. The second kappa shape index (κ2) is 8.99. The summed E-state index contributed by atoms with van der Waals surface area (Å²) in [7, 11) is 0. The van der Waals surface area contributed by atoms with Gasteiger partial charge in [0.05, 0.1) is 24.8 Å². The van der Waals surface area contributed by atoms with E-state index in [2.05, 4.69) is 4.90 Å². The lowest BCUT2D eigenvalue weighted by molar-refractivity contribution is -0.140. The number of hydrogen-bond donors (Lipinski definition) is 1. The number of ketones is 1. The fraction of sp³-hybridized carbons (Fsp3) is 0.333. The van der Waals surface area contributed by atoms with Crippen LogP contribution in [0, 0.1) is 12.7 Å². The van der Waals surface area contributed by atoms with Crippen molar-refractivity contribution < 1.29 is 23.8 Å². The minimum absolute atomic E-state index is 0.0300. The Morgan fingerprint density at radius 2 is 1.68 bits per heavy atom. The second-order valence-electron chi connectivity index (χ2n) is 7.86. The van der Waals surface area contributed by atoms with Gasteiger partial charge in [-0.25, -0.2) is 4.39 Å². The molecule has 0 aliphatic carbocycles. The van der Waals surface area contributed by atoms with Crippen LogP contribution >= 0.6 is 0 Å². The van der Waals surface area contributed by atoms with E-state index in [4.69, 9.17) is 4.74 Å². The summed E-state index contributed by atoms with van der Waals surface area (Å²) >= 11 is 0. The van der Waals surface area contributed by atoms with Gasteiger partial charge in [0, 0.05) is 31.7 Å². The highest BCUT2D eigenvalue weighted by Crippen LogP contribution is 2.39. The molecule has 162 valence electrons. The smallest absolute Gasteiger partial charge is 0.295 e. The summed E-state index contributed by atoms with van der Waals surface area (Å²) in [6, 6.07) is 12.0. The number of morpholine rings is 1. The fourth-order valence-corrected chi connectivity index (χ4v) is 4.04. The summed E-state index contributed by atoms with van der Waals surface area (Å²) in [5.41, 5.74) is 2.08. The molecule has 6 nitrogen and oxygen atoms in total. The standard InChI is InChI=1S/C24H25FN2O4/c1-16-2-4-18(5-3-16)22(28)20-21(17-6-8-19(25)9-7-17)27(24(30)23(20)29)11-10-26-12-14-31-15-13-26/h2-9,21,28H,10-15H2,1H3. The molecule has 0 aromatic heterocycles. The molecule has 1 atom stereocenters. The first kappa shape index (κ1) is 21.2. The molecule has 0 bridgehead atoms. The lowest BCUT2D eigenvalue weighted by Crippen LogP contribution is -2.42. The van der Waals surface area contributed by atoms with Crippen molar-refractivity contribution in [2.24, 2.45) is 0 Å². The SMILES string of the molecule is Cc1ccc(C(O)=C2C(=O)C(=O)N(CCN3CCOCC3)C2c2ccc(F)cc2)cc1. The Morgan fingerprint density at radius 1 is 1.03 bits per heavy atom. The van der Waals surface area contributed by atoms with E-state index in [0.717, 1.165) is 18.7 Å². The lowest BCUT2D eigenvalue weighted by atomic mass is 9.95. The third kappa shape index (κ3) is 4.38. The van der Waals surface area contributed by atoms with Gasteiger partial charge in [-0.15, -0.1) is 0 Å². The van der Waals surface area contributed by atoms with Gasteiger partial charge in [0.1, 0.15) is 11.6 Å². The number of nitrogens with zero attached hydrogens (tertiary/aromatic N) is 2. The van der Waals surface area contributed by atoms with Crippen molar-refractivity contribution in [2.75, 3.05) is 39.4 Å². The van der Waals surface area contributed by atoms with E-state index in [9.17, 15) is 19.1 Å². The normalized spacial score (nSPS) is 21.6. The van der Waals surface area contributed by atoms with Crippen molar-refractivity contribution in [3.05, 3.63) is 76.6 Å². The van der Waals surface area contributed by atoms with Crippen molar-refractivity contribution in [3.63, 3.8) is 0 Å². The molecule has 2 fully saturated rings. The van der Waals surface area contributed by atoms with Gasteiger partial charge in [0.25, 0.3) is 11.7 Å². The number of ether oxygens (including phenoxy) is 1. The Labute approximate surface area is 180 Å². The zero-order valence-electron chi connectivity index (χ0n) is 17.4. The number of aliphatic hydroxyl groups excluding tert-OH is 1. The molecule has 0 radical (unpaired) electrons. The van der Waals surface area contributed by atoms with Crippen LogP contribution in [0.15, 0.2) is 54.1 Å². The van der Waals surface area contributed by atoms with Crippen LogP contribution in [0.5, 0.6) is 0 Å². The third-order valence-corrected chi connectivity index (χ3v) is 5.81. The van der Waals surface area contributed by atoms with Crippen LogP contribution in [0.4, 0.5) is 4.39 Å². The average Bonchev–Trinajstić information content (AvgIpc) is 3.04. The molecule has 4 rings (SSSR count). The highest BCUT2D eigenvalue weighted by atomic mass is 19.1. The van der Waals surface area contributed by atoms with E-state index in [-0.39, 0.29) is 11.3 Å². The molecule has 2 aromatic carbocycles.